The largest absolute Gasteiger partial charge is 0.477 e. The Kier molecular flexibility index (Phi) is 9.12. The van der Waals surface area contributed by atoms with E-state index >= 15 is 0 Å². The molecule has 9 heteroatoms. The lowest BCUT2D eigenvalue weighted by Crippen LogP contribution is -2.58. The lowest BCUT2D eigenvalue weighted by molar-refractivity contribution is -0.138. The number of pyridine rings is 2. The minimum Gasteiger partial charge on any atom is -0.477 e. The number of hydrogen-bond acceptors (Lipinski definition) is 7. The summed E-state index contributed by atoms with van der Waals surface area (Å²) in [5, 5.41) is 6.54. The van der Waals surface area contributed by atoms with Gasteiger partial charge >= 0.3 is 0 Å². The van der Waals surface area contributed by atoms with Crippen LogP contribution >= 0.6 is 0 Å². The van der Waals surface area contributed by atoms with Gasteiger partial charge in [-0.3, -0.25) is 9.59 Å². The van der Waals surface area contributed by atoms with Crippen molar-refractivity contribution in [3.63, 3.8) is 0 Å². The van der Waals surface area contributed by atoms with Crippen LogP contribution in [-0.2, 0) is 10.2 Å². The van der Waals surface area contributed by atoms with E-state index in [4.69, 9.17) is 9.72 Å². The predicted octanol–water partition coefficient (Wildman–Crippen LogP) is 4.57. The number of anilines is 1. The first-order chi connectivity index (χ1) is 21.5. The summed E-state index contributed by atoms with van der Waals surface area (Å²) in [6, 6.07) is 18.2. The van der Waals surface area contributed by atoms with Gasteiger partial charge in [0.1, 0.15) is 0 Å². The summed E-state index contributed by atoms with van der Waals surface area (Å²) < 4.78 is 5.79. The highest BCUT2D eigenvalue weighted by atomic mass is 16.5. The molecule has 2 saturated heterocycles. The van der Waals surface area contributed by atoms with E-state index in [2.05, 4.69) is 44.5 Å². The molecule has 2 aromatic heterocycles. The first-order valence-corrected chi connectivity index (χ1v) is 16.3. The van der Waals surface area contributed by atoms with Gasteiger partial charge in [-0.2, -0.15) is 0 Å². The first-order valence-electron chi connectivity index (χ1n) is 16.3. The van der Waals surface area contributed by atoms with Crippen molar-refractivity contribution in [3.05, 3.63) is 72.1 Å². The van der Waals surface area contributed by atoms with Gasteiger partial charge in [0.2, 0.25) is 11.8 Å². The van der Waals surface area contributed by atoms with Gasteiger partial charge in [0.15, 0.2) is 5.69 Å². The molecule has 44 heavy (non-hydrogen) atoms. The number of hydrogen-bond donors (Lipinski definition) is 2. The van der Waals surface area contributed by atoms with E-state index in [1.807, 2.05) is 49.4 Å². The van der Waals surface area contributed by atoms with E-state index in [9.17, 15) is 9.59 Å². The highest BCUT2D eigenvalue weighted by Gasteiger charge is 2.46. The van der Waals surface area contributed by atoms with Crippen molar-refractivity contribution in [2.75, 3.05) is 44.2 Å². The Bertz CT molecular complexity index is 1450. The fourth-order valence-corrected chi connectivity index (χ4v) is 7.24. The molecule has 2 N–H and O–H groups in total. The van der Waals surface area contributed by atoms with Crippen LogP contribution in [0.25, 0.3) is 11.3 Å². The molecule has 0 spiro atoms. The average molecular weight is 597 g/mol. The minimum atomic E-state index is -0.437. The number of rotatable bonds is 9. The smallest absolute Gasteiger partial charge is 0.272 e. The Morgan fingerprint density at radius 3 is 2.59 bits per heavy atom. The van der Waals surface area contributed by atoms with E-state index in [0.717, 1.165) is 68.4 Å². The third-order valence-electron chi connectivity index (χ3n) is 9.56. The summed E-state index contributed by atoms with van der Waals surface area (Å²) in [4.78, 5) is 41.9. The predicted molar refractivity (Wildman–Crippen MR) is 172 cm³/mol. The summed E-state index contributed by atoms with van der Waals surface area (Å²) >= 11 is 0. The quantitative estimate of drug-likeness (QED) is 0.373. The van der Waals surface area contributed by atoms with E-state index < -0.39 is 5.41 Å². The van der Waals surface area contributed by atoms with Crippen molar-refractivity contribution in [2.45, 2.75) is 69.9 Å². The van der Waals surface area contributed by atoms with Gasteiger partial charge in [-0.1, -0.05) is 50.1 Å². The molecule has 1 aromatic carbocycles. The Morgan fingerprint density at radius 2 is 1.86 bits per heavy atom. The summed E-state index contributed by atoms with van der Waals surface area (Å²) in [5.74, 6) is 0.568. The van der Waals surface area contributed by atoms with E-state index in [1.165, 1.54) is 0 Å². The molecule has 2 amide bonds. The number of nitrogens with zero attached hydrogens (tertiary/aromatic N) is 4. The molecule has 4 heterocycles. The monoisotopic (exact) mass is 596 g/mol. The summed E-state index contributed by atoms with van der Waals surface area (Å²) in [6.45, 7) is 8.07. The molecule has 3 aliphatic rings. The fourth-order valence-electron chi connectivity index (χ4n) is 7.24. The lowest BCUT2D eigenvalue weighted by Gasteiger charge is -2.45. The van der Waals surface area contributed by atoms with Crippen LogP contribution in [0.15, 0.2) is 60.8 Å². The molecule has 1 saturated carbocycles. The van der Waals surface area contributed by atoms with Crippen LogP contribution in [0.4, 0.5) is 5.69 Å². The number of piperazine rings is 1. The van der Waals surface area contributed by atoms with Crippen molar-refractivity contribution in [2.24, 2.45) is 0 Å². The number of benzene rings is 1. The second-order valence-electron chi connectivity index (χ2n) is 12.2. The van der Waals surface area contributed by atoms with Gasteiger partial charge in [0, 0.05) is 44.5 Å². The van der Waals surface area contributed by atoms with Crippen LogP contribution in [0.3, 0.4) is 0 Å². The molecule has 1 aliphatic carbocycles. The van der Waals surface area contributed by atoms with Crippen LogP contribution in [0.1, 0.15) is 68.4 Å². The van der Waals surface area contributed by atoms with Crippen LogP contribution in [-0.4, -0.2) is 78.1 Å². The maximum absolute atomic E-state index is 14.3. The van der Waals surface area contributed by atoms with Crippen LogP contribution < -0.4 is 20.3 Å². The molecule has 6 rings (SSSR count). The molecule has 9 nitrogen and oxygen atoms in total. The lowest BCUT2D eigenvalue weighted by atomic mass is 9.77. The van der Waals surface area contributed by atoms with Gasteiger partial charge in [-0.15, -0.1) is 0 Å². The summed E-state index contributed by atoms with van der Waals surface area (Å²) in [5.41, 5.74) is 3.30. The number of aromatic nitrogens is 2. The Balaban J connectivity index is 1.30. The average Bonchev–Trinajstić information content (AvgIpc) is 3.78. The highest BCUT2D eigenvalue weighted by molar-refractivity contribution is 5.99. The summed E-state index contributed by atoms with van der Waals surface area (Å²) in [6.07, 6.45) is 7.38. The standard InChI is InChI=1S/C35H44N6O3/c1-3-27-24-40(34(43)35(17-8-9-18-35)25-11-6-5-7-12-25)21-22-41(27)30-15-14-29(28-13-10-19-37-33(28)44-4-2)39-31(30)32(42)38-26-16-20-36-23-26/h5-7,10-15,19,26-27,36H,3-4,8-9,16-18,20-24H2,1-2H3,(H,38,42)/t26-,27-/m1/s1. The normalized spacial score (nSPS) is 21.3. The minimum absolute atomic E-state index is 0.0617. The third-order valence-corrected chi connectivity index (χ3v) is 9.56. The summed E-state index contributed by atoms with van der Waals surface area (Å²) in [7, 11) is 0. The molecule has 0 unspecified atom stereocenters. The number of amides is 2. The maximum Gasteiger partial charge on any atom is 0.272 e. The van der Waals surface area contributed by atoms with Crippen molar-refractivity contribution < 1.29 is 14.3 Å². The molecule has 2 atom stereocenters. The molecule has 0 radical (unpaired) electrons. The molecule has 2 aliphatic heterocycles. The van der Waals surface area contributed by atoms with E-state index in [-0.39, 0.29) is 23.9 Å². The van der Waals surface area contributed by atoms with Crippen LogP contribution in [0, 0.1) is 0 Å². The number of ether oxygens (including phenoxy) is 1. The zero-order valence-corrected chi connectivity index (χ0v) is 25.9. The fraction of sp³-hybridized carbons (Fsp3) is 0.486. The van der Waals surface area contributed by atoms with Crippen LogP contribution in [0.5, 0.6) is 5.88 Å². The Hall–Kier alpha value is -3.98. The number of carbonyl (C=O) groups is 2. The highest BCUT2D eigenvalue weighted by Crippen LogP contribution is 2.43. The molecule has 232 valence electrons. The molecular formula is C35H44N6O3. The molecule has 3 aromatic rings. The van der Waals surface area contributed by atoms with Crippen molar-refractivity contribution in [1.29, 1.82) is 0 Å². The van der Waals surface area contributed by atoms with Crippen molar-refractivity contribution >= 4 is 17.5 Å². The topological polar surface area (TPSA) is 99.7 Å². The first kappa shape index (κ1) is 30.1. The van der Waals surface area contributed by atoms with E-state index in [0.29, 0.717) is 43.5 Å². The Morgan fingerprint density at radius 1 is 1.05 bits per heavy atom. The third kappa shape index (κ3) is 5.89. The zero-order valence-electron chi connectivity index (χ0n) is 25.9. The Labute approximate surface area is 260 Å². The van der Waals surface area contributed by atoms with Gasteiger partial charge < -0.3 is 25.2 Å². The molecule has 3 fully saturated rings. The van der Waals surface area contributed by atoms with Gasteiger partial charge in [0.25, 0.3) is 5.91 Å². The maximum atomic E-state index is 14.3. The SMILES string of the molecule is CCOc1ncccc1-c1ccc(N2CCN(C(=O)C3(c4ccccc4)CCCC3)C[C@H]2CC)c(C(=O)N[C@@H]2CCNC2)n1. The van der Waals surface area contributed by atoms with Crippen LogP contribution in [0.2, 0.25) is 0 Å². The second kappa shape index (κ2) is 13.3. The molecular weight excluding hydrogens is 552 g/mol. The van der Waals surface area contributed by atoms with Gasteiger partial charge in [0.05, 0.1) is 29.0 Å². The van der Waals surface area contributed by atoms with Gasteiger partial charge in [-0.05, 0) is 69.0 Å². The van der Waals surface area contributed by atoms with Crippen molar-refractivity contribution in [1.82, 2.24) is 25.5 Å². The zero-order chi connectivity index (χ0) is 30.5. The van der Waals surface area contributed by atoms with Gasteiger partial charge in [-0.25, -0.2) is 9.97 Å². The van der Waals surface area contributed by atoms with Crippen molar-refractivity contribution in [3.8, 4) is 17.1 Å². The van der Waals surface area contributed by atoms with E-state index in [1.54, 1.807) is 6.20 Å². The number of nitrogens with one attached hydrogen (secondary N) is 2. The number of carbonyl (C=O) groups excluding carboxylic acids is 2. The molecule has 0 bridgehead atoms. The second-order valence-corrected chi connectivity index (χ2v) is 12.2.